The molecule has 0 spiro atoms. The van der Waals surface area contributed by atoms with Gasteiger partial charge in [-0.2, -0.15) is 0 Å². The fourth-order valence-corrected chi connectivity index (χ4v) is 2.26. The summed E-state index contributed by atoms with van der Waals surface area (Å²) in [4.78, 5) is 12.2. The minimum absolute atomic E-state index is 0.105. The van der Waals surface area contributed by atoms with Gasteiger partial charge in [0.1, 0.15) is 0 Å². The zero-order chi connectivity index (χ0) is 13.8. The Balaban J connectivity index is 2.10. The summed E-state index contributed by atoms with van der Waals surface area (Å²) >= 11 is 0. The highest BCUT2D eigenvalue weighted by atomic mass is 16.2. The SMILES string of the molecule is CC(C)c1ccc(C(CCN)C(=O)NC2CC2)cc1. The number of nitrogens with two attached hydrogens (primary N) is 1. The second kappa shape index (κ2) is 6.20. The third-order valence-corrected chi connectivity index (χ3v) is 3.70. The van der Waals surface area contributed by atoms with Gasteiger partial charge in [-0.25, -0.2) is 0 Å². The van der Waals surface area contributed by atoms with Gasteiger partial charge in [-0.05, 0) is 42.9 Å². The Bertz CT molecular complexity index is 421. The predicted molar refractivity (Wildman–Crippen MR) is 78.1 cm³/mol. The molecule has 3 heteroatoms. The summed E-state index contributed by atoms with van der Waals surface area (Å²) in [7, 11) is 0. The van der Waals surface area contributed by atoms with Crippen molar-refractivity contribution in [1.82, 2.24) is 5.32 Å². The normalized spacial score (nSPS) is 16.4. The Kier molecular flexibility index (Phi) is 4.59. The van der Waals surface area contributed by atoms with Crippen molar-refractivity contribution in [3.63, 3.8) is 0 Å². The Morgan fingerprint density at radius 3 is 2.32 bits per heavy atom. The molecule has 0 saturated heterocycles. The van der Waals surface area contributed by atoms with E-state index in [4.69, 9.17) is 5.73 Å². The summed E-state index contributed by atoms with van der Waals surface area (Å²) in [5.74, 6) is 0.541. The molecule has 19 heavy (non-hydrogen) atoms. The van der Waals surface area contributed by atoms with E-state index >= 15 is 0 Å². The van der Waals surface area contributed by atoms with E-state index in [1.807, 2.05) is 0 Å². The van der Waals surface area contributed by atoms with E-state index in [0.29, 0.717) is 24.9 Å². The van der Waals surface area contributed by atoms with Crippen molar-refractivity contribution in [2.75, 3.05) is 6.54 Å². The molecule has 1 aromatic carbocycles. The summed E-state index contributed by atoms with van der Waals surface area (Å²) in [6, 6.07) is 8.79. The number of hydrogen-bond donors (Lipinski definition) is 2. The number of nitrogens with one attached hydrogen (secondary N) is 1. The molecule has 1 aromatic rings. The number of benzene rings is 1. The van der Waals surface area contributed by atoms with E-state index < -0.39 is 0 Å². The van der Waals surface area contributed by atoms with Crippen LogP contribution in [-0.2, 0) is 4.79 Å². The number of carbonyl (C=O) groups is 1. The molecule has 0 aliphatic heterocycles. The molecule has 2 rings (SSSR count). The number of hydrogen-bond acceptors (Lipinski definition) is 2. The van der Waals surface area contributed by atoms with E-state index in [1.54, 1.807) is 0 Å². The molecular weight excluding hydrogens is 236 g/mol. The van der Waals surface area contributed by atoms with Gasteiger partial charge in [-0.3, -0.25) is 4.79 Å². The van der Waals surface area contributed by atoms with Crippen molar-refractivity contribution in [2.45, 2.75) is 51.0 Å². The fraction of sp³-hybridized carbons (Fsp3) is 0.562. The van der Waals surface area contributed by atoms with Gasteiger partial charge in [-0.1, -0.05) is 38.1 Å². The van der Waals surface area contributed by atoms with Crippen LogP contribution in [0, 0.1) is 0 Å². The number of amides is 1. The maximum Gasteiger partial charge on any atom is 0.227 e. The van der Waals surface area contributed by atoms with Gasteiger partial charge >= 0.3 is 0 Å². The Morgan fingerprint density at radius 1 is 1.26 bits per heavy atom. The summed E-state index contributed by atoms with van der Waals surface area (Å²) in [5, 5.41) is 3.08. The van der Waals surface area contributed by atoms with E-state index in [1.165, 1.54) is 5.56 Å². The van der Waals surface area contributed by atoms with Crippen LogP contribution in [-0.4, -0.2) is 18.5 Å². The molecule has 3 nitrogen and oxygen atoms in total. The lowest BCUT2D eigenvalue weighted by molar-refractivity contribution is -0.122. The van der Waals surface area contributed by atoms with Crippen molar-refractivity contribution in [1.29, 1.82) is 0 Å². The third-order valence-electron chi connectivity index (χ3n) is 3.70. The predicted octanol–water partition coefficient (Wildman–Crippen LogP) is 2.52. The number of carbonyl (C=O) groups excluding carboxylic acids is 1. The smallest absolute Gasteiger partial charge is 0.227 e. The van der Waals surface area contributed by atoms with Crippen LogP contribution in [0.3, 0.4) is 0 Å². The van der Waals surface area contributed by atoms with Crippen LogP contribution >= 0.6 is 0 Å². The first kappa shape index (κ1) is 14.1. The highest BCUT2D eigenvalue weighted by molar-refractivity contribution is 5.84. The van der Waals surface area contributed by atoms with Gasteiger partial charge in [0.2, 0.25) is 5.91 Å². The average molecular weight is 260 g/mol. The molecule has 0 radical (unpaired) electrons. The zero-order valence-electron chi connectivity index (χ0n) is 11.9. The van der Waals surface area contributed by atoms with Crippen molar-refractivity contribution >= 4 is 5.91 Å². The highest BCUT2D eigenvalue weighted by Crippen LogP contribution is 2.25. The van der Waals surface area contributed by atoms with Crippen molar-refractivity contribution in [3.8, 4) is 0 Å². The van der Waals surface area contributed by atoms with E-state index in [9.17, 15) is 4.79 Å². The van der Waals surface area contributed by atoms with Gasteiger partial charge in [0.05, 0.1) is 5.92 Å². The molecular formula is C16H24N2O. The van der Waals surface area contributed by atoms with Crippen LogP contribution < -0.4 is 11.1 Å². The summed E-state index contributed by atoms with van der Waals surface area (Å²) in [5.41, 5.74) is 8.03. The average Bonchev–Trinajstić information content (AvgIpc) is 3.20. The zero-order valence-corrected chi connectivity index (χ0v) is 11.9. The maximum absolute atomic E-state index is 12.2. The second-order valence-electron chi connectivity index (χ2n) is 5.73. The van der Waals surface area contributed by atoms with Crippen LogP contribution in [0.15, 0.2) is 24.3 Å². The molecule has 1 fully saturated rings. The van der Waals surface area contributed by atoms with Crippen LogP contribution in [0.4, 0.5) is 0 Å². The van der Waals surface area contributed by atoms with Crippen LogP contribution in [0.25, 0.3) is 0 Å². The lowest BCUT2D eigenvalue weighted by Crippen LogP contribution is -2.32. The quantitative estimate of drug-likeness (QED) is 0.825. The van der Waals surface area contributed by atoms with Gasteiger partial charge in [0, 0.05) is 6.04 Å². The minimum Gasteiger partial charge on any atom is -0.353 e. The maximum atomic E-state index is 12.2. The fourth-order valence-electron chi connectivity index (χ4n) is 2.26. The molecule has 1 amide bonds. The summed E-state index contributed by atoms with van der Waals surface area (Å²) < 4.78 is 0. The molecule has 1 atom stereocenters. The molecule has 0 heterocycles. The first-order valence-electron chi connectivity index (χ1n) is 7.22. The van der Waals surface area contributed by atoms with Gasteiger partial charge in [0.15, 0.2) is 0 Å². The van der Waals surface area contributed by atoms with E-state index in [-0.39, 0.29) is 11.8 Å². The van der Waals surface area contributed by atoms with Gasteiger partial charge in [0.25, 0.3) is 0 Å². The Labute approximate surface area is 115 Å². The van der Waals surface area contributed by atoms with Gasteiger partial charge < -0.3 is 11.1 Å². The van der Waals surface area contributed by atoms with Gasteiger partial charge in [-0.15, -0.1) is 0 Å². The summed E-state index contributed by atoms with van der Waals surface area (Å²) in [6.45, 7) is 4.88. The van der Waals surface area contributed by atoms with Crippen molar-refractivity contribution in [2.24, 2.45) is 5.73 Å². The van der Waals surface area contributed by atoms with Crippen LogP contribution in [0.2, 0.25) is 0 Å². The molecule has 104 valence electrons. The Hall–Kier alpha value is -1.35. The van der Waals surface area contributed by atoms with Crippen LogP contribution in [0.5, 0.6) is 0 Å². The van der Waals surface area contributed by atoms with Crippen molar-refractivity contribution in [3.05, 3.63) is 35.4 Å². The topological polar surface area (TPSA) is 55.1 Å². The molecule has 1 aliphatic carbocycles. The van der Waals surface area contributed by atoms with E-state index in [2.05, 4.69) is 43.4 Å². The third kappa shape index (κ3) is 3.80. The first-order chi connectivity index (χ1) is 9.11. The van der Waals surface area contributed by atoms with E-state index in [0.717, 1.165) is 18.4 Å². The lowest BCUT2D eigenvalue weighted by atomic mass is 9.92. The summed E-state index contributed by atoms with van der Waals surface area (Å²) in [6.07, 6.45) is 2.94. The molecule has 0 aromatic heterocycles. The standard InChI is InChI=1S/C16H24N2O/c1-11(2)12-3-5-13(6-4-12)15(9-10-17)16(19)18-14-7-8-14/h3-6,11,14-15H,7-10,17H2,1-2H3,(H,18,19). The van der Waals surface area contributed by atoms with Crippen molar-refractivity contribution < 1.29 is 4.79 Å². The molecule has 1 unspecified atom stereocenters. The minimum atomic E-state index is -0.105. The Morgan fingerprint density at radius 2 is 1.84 bits per heavy atom. The van der Waals surface area contributed by atoms with Crippen LogP contribution in [0.1, 0.15) is 56.1 Å². The molecule has 0 bridgehead atoms. The second-order valence-corrected chi connectivity index (χ2v) is 5.73. The highest BCUT2D eigenvalue weighted by Gasteiger charge is 2.27. The number of rotatable bonds is 6. The lowest BCUT2D eigenvalue weighted by Gasteiger charge is -2.17. The monoisotopic (exact) mass is 260 g/mol. The molecule has 1 aliphatic rings. The first-order valence-corrected chi connectivity index (χ1v) is 7.22. The molecule has 3 N–H and O–H groups in total. The largest absolute Gasteiger partial charge is 0.353 e. The molecule has 1 saturated carbocycles.